The Morgan fingerprint density at radius 2 is 1.81 bits per heavy atom. The van der Waals surface area contributed by atoms with Crippen molar-refractivity contribution in [2.24, 2.45) is 23.2 Å². The van der Waals surface area contributed by atoms with Crippen molar-refractivity contribution in [3.8, 4) is 11.9 Å². The summed E-state index contributed by atoms with van der Waals surface area (Å²) in [5.74, 6) is 2.98. The Morgan fingerprint density at radius 1 is 1.15 bits per heavy atom. The van der Waals surface area contributed by atoms with Crippen LogP contribution in [0, 0.1) is 34.5 Å². The van der Waals surface area contributed by atoms with Gasteiger partial charge in [0.25, 0.3) is 5.88 Å². The molecule has 4 aliphatic carbocycles. The van der Waals surface area contributed by atoms with Crippen LogP contribution >= 0.6 is 0 Å². The van der Waals surface area contributed by atoms with Crippen LogP contribution in [0.4, 0.5) is 0 Å². The molecule has 4 bridgehead atoms. The summed E-state index contributed by atoms with van der Waals surface area (Å²) in [5, 5.41) is 9.19. The molecule has 1 aliphatic heterocycles. The Labute approximate surface area is 159 Å². The number of nitrogens with zero attached hydrogens (tertiary/aromatic N) is 4. The summed E-state index contributed by atoms with van der Waals surface area (Å²) in [5.41, 5.74) is 0.114. The van der Waals surface area contributed by atoms with Crippen molar-refractivity contribution in [3.63, 3.8) is 0 Å². The van der Waals surface area contributed by atoms with Gasteiger partial charge in [-0.1, -0.05) is 0 Å². The Morgan fingerprint density at radius 3 is 2.48 bits per heavy atom. The van der Waals surface area contributed by atoms with Gasteiger partial charge in [-0.15, -0.1) is 0 Å². The van der Waals surface area contributed by atoms with Gasteiger partial charge in [0.2, 0.25) is 11.6 Å². The van der Waals surface area contributed by atoms with Crippen molar-refractivity contribution in [3.05, 3.63) is 18.1 Å². The van der Waals surface area contributed by atoms with Gasteiger partial charge in [0.15, 0.2) is 0 Å². The zero-order chi connectivity index (χ0) is 18.4. The van der Waals surface area contributed by atoms with E-state index in [0.717, 1.165) is 56.4 Å². The van der Waals surface area contributed by atoms with Gasteiger partial charge in [-0.2, -0.15) is 5.26 Å². The largest absolute Gasteiger partial charge is 0.470 e. The predicted molar refractivity (Wildman–Crippen MR) is 97.6 cm³/mol. The Bertz CT molecular complexity index is 751. The molecule has 1 aromatic rings. The van der Waals surface area contributed by atoms with Crippen molar-refractivity contribution in [1.29, 1.82) is 5.26 Å². The van der Waals surface area contributed by atoms with E-state index >= 15 is 0 Å². The van der Waals surface area contributed by atoms with Crippen molar-refractivity contribution in [1.82, 2.24) is 14.9 Å². The molecule has 6 nitrogen and oxygen atoms in total. The molecule has 1 aromatic heterocycles. The number of nitriles is 1. The van der Waals surface area contributed by atoms with Crippen LogP contribution in [0.3, 0.4) is 0 Å². The SMILES string of the molecule is N#Cc1nccnc1OC1CCCN(C(=O)C23CC4CC(CC(C4)C2)C3)C1. The van der Waals surface area contributed by atoms with Crippen LogP contribution < -0.4 is 4.74 Å². The van der Waals surface area contributed by atoms with E-state index < -0.39 is 0 Å². The molecule has 1 unspecified atom stereocenters. The van der Waals surface area contributed by atoms with Gasteiger partial charge in [0, 0.05) is 18.9 Å². The predicted octanol–water partition coefficient (Wildman–Crippen LogP) is 2.93. The molecule has 1 saturated heterocycles. The maximum absolute atomic E-state index is 13.6. The van der Waals surface area contributed by atoms with Gasteiger partial charge in [-0.05, 0) is 69.1 Å². The summed E-state index contributed by atoms with van der Waals surface area (Å²) in [6.45, 7) is 1.42. The average molecular weight is 366 g/mol. The highest BCUT2D eigenvalue weighted by Crippen LogP contribution is 2.60. The highest BCUT2D eigenvalue weighted by atomic mass is 16.5. The van der Waals surface area contributed by atoms with Gasteiger partial charge in [0.05, 0.1) is 12.0 Å². The maximum atomic E-state index is 13.6. The zero-order valence-corrected chi connectivity index (χ0v) is 15.6. The standard InChI is InChI=1S/C21H26N4O2/c22-12-18-19(24-4-3-23-18)27-17-2-1-5-25(13-17)20(26)21-9-14-6-15(10-21)8-16(7-14)11-21/h3-4,14-17H,1-2,5-11,13H2. The molecule has 6 rings (SSSR count). The Hall–Kier alpha value is -2.16. The van der Waals surface area contributed by atoms with Crippen molar-refractivity contribution < 1.29 is 9.53 Å². The summed E-state index contributed by atoms with van der Waals surface area (Å²) < 4.78 is 5.99. The van der Waals surface area contributed by atoms with E-state index in [1.165, 1.54) is 31.7 Å². The average Bonchev–Trinajstić information content (AvgIpc) is 2.67. The molecule has 0 spiro atoms. The van der Waals surface area contributed by atoms with E-state index in [1.807, 2.05) is 11.0 Å². The van der Waals surface area contributed by atoms with Gasteiger partial charge in [-0.3, -0.25) is 4.79 Å². The first-order valence-corrected chi connectivity index (χ1v) is 10.3. The second-order valence-electron chi connectivity index (χ2n) is 9.15. The number of aromatic nitrogens is 2. The lowest BCUT2D eigenvalue weighted by atomic mass is 9.49. The number of hydrogen-bond donors (Lipinski definition) is 0. The lowest BCUT2D eigenvalue weighted by Crippen LogP contribution is -2.57. The van der Waals surface area contributed by atoms with E-state index in [9.17, 15) is 10.1 Å². The number of carbonyl (C=O) groups excluding carboxylic acids is 1. The molecule has 0 aromatic carbocycles. The molecule has 4 saturated carbocycles. The summed E-state index contributed by atoms with van der Waals surface area (Å²) in [7, 11) is 0. The number of piperidine rings is 1. The van der Waals surface area contributed by atoms with Crippen molar-refractivity contribution in [2.45, 2.75) is 57.5 Å². The number of rotatable bonds is 3. The van der Waals surface area contributed by atoms with E-state index in [1.54, 1.807) is 0 Å². The van der Waals surface area contributed by atoms with Gasteiger partial charge >= 0.3 is 0 Å². The fourth-order valence-corrected chi connectivity index (χ4v) is 6.57. The Balaban J connectivity index is 1.30. The lowest BCUT2D eigenvalue weighted by molar-refractivity contribution is -0.160. The number of amides is 1. The van der Waals surface area contributed by atoms with Gasteiger partial charge in [0.1, 0.15) is 12.2 Å². The fraction of sp³-hybridized carbons (Fsp3) is 0.714. The zero-order valence-electron chi connectivity index (χ0n) is 15.6. The Kier molecular flexibility index (Phi) is 4.07. The number of hydrogen-bond acceptors (Lipinski definition) is 5. The minimum absolute atomic E-state index is 0.0962. The summed E-state index contributed by atoms with van der Waals surface area (Å²) in [6.07, 6.45) is 12.1. The molecule has 0 N–H and O–H groups in total. The summed E-state index contributed by atoms with van der Waals surface area (Å²) in [6, 6.07) is 2.03. The van der Waals surface area contributed by atoms with Crippen molar-refractivity contribution in [2.75, 3.05) is 13.1 Å². The van der Waals surface area contributed by atoms with Gasteiger partial charge in [-0.25, -0.2) is 9.97 Å². The van der Waals surface area contributed by atoms with E-state index in [2.05, 4.69) is 9.97 Å². The molecule has 0 radical (unpaired) electrons. The fourth-order valence-electron chi connectivity index (χ4n) is 6.57. The quantitative estimate of drug-likeness (QED) is 0.822. The second-order valence-corrected chi connectivity index (χ2v) is 9.15. The molecule has 142 valence electrons. The second kappa shape index (κ2) is 6.47. The molecular formula is C21H26N4O2. The van der Waals surface area contributed by atoms with Crippen LogP contribution in [0.5, 0.6) is 5.88 Å². The van der Waals surface area contributed by atoms with Crippen LogP contribution in [0.15, 0.2) is 12.4 Å². The summed E-state index contributed by atoms with van der Waals surface area (Å²) in [4.78, 5) is 23.8. The van der Waals surface area contributed by atoms with Crippen LogP contribution in [-0.4, -0.2) is 40.0 Å². The molecule has 2 heterocycles. The number of likely N-dealkylation sites (tertiary alicyclic amines) is 1. The molecule has 1 atom stereocenters. The molecule has 1 amide bonds. The minimum Gasteiger partial charge on any atom is -0.470 e. The van der Waals surface area contributed by atoms with E-state index in [0.29, 0.717) is 12.5 Å². The first-order valence-electron chi connectivity index (χ1n) is 10.3. The molecule has 5 aliphatic rings. The van der Waals surface area contributed by atoms with Crippen LogP contribution in [0.2, 0.25) is 0 Å². The molecule has 6 heteroatoms. The van der Waals surface area contributed by atoms with E-state index in [-0.39, 0.29) is 23.1 Å². The third-order valence-corrected chi connectivity index (χ3v) is 7.21. The first-order chi connectivity index (χ1) is 13.1. The van der Waals surface area contributed by atoms with Crippen LogP contribution in [0.25, 0.3) is 0 Å². The molecular weight excluding hydrogens is 340 g/mol. The third kappa shape index (κ3) is 2.97. The molecule has 27 heavy (non-hydrogen) atoms. The highest BCUT2D eigenvalue weighted by molar-refractivity contribution is 5.83. The van der Waals surface area contributed by atoms with E-state index in [4.69, 9.17) is 4.74 Å². The normalized spacial score (nSPS) is 37.1. The number of carbonyl (C=O) groups is 1. The summed E-state index contributed by atoms with van der Waals surface area (Å²) >= 11 is 0. The highest BCUT2D eigenvalue weighted by Gasteiger charge is 2.55. The number of ether oxygens (including phenoxy) is 1. The van der Waals surface area contributed by atoms with Gasteiger partial charge < -0.3 is 9.64 Å². The maximum Gasteiger partial charge on any atom is 0.251 e. The lowest BCUT2D eigenvalue weighted by Gasteiger charge is -2.57. The first kappa shape index (κ1) is 17.0. The smallest absolute Gasteiger partial charge is 0.251 e. The van der Waals surface area contributed by atoms with Crippen LogP contribution in [0.1, 0.15) is 57.1 Å². The minimum atomic E-state index is -0.111. The van der Waals surface area contributed by atoms with Crippen LogP contribution in [-0.2, 0) is 4.79 Å². The monoisotopic (exact) mass is 366 g/mol. The van der Waals surface area contributed by atoms with Crippen molar-refractivity contribution >= 4 is 5.91 Å². The molecule has 5 fully saturated rings. The topological polar surface area (TPSA) is 79.1 Å². The third-order valence-electron chi connectivity index (χ3n) is 7.21.